The normalized spacial score (nSPS) is 21.9. The van der Waals surface area contributed by atoms with Crippen molar-refractivity contribution in [3.05, 3.63) is 58.5 Å². The molecule has 1 amide bonds. The van der Waals surface area contributed by atoms with E-state index in [4.69, 9.17) is 14.8 Å². The first kappa shape index (κ1) is 24.6. The monoisotopic (exact) mass is 538 g/mol. The van der Waals surface area contributed by atoms with E-state index in [1.54, 1.807) is 0 Å². The molecule has 2 aromatic heterocycles. The zero-order valence-electron chi connectivity index (χ0n) is 23.6. The quantitative estimate of drug-likeness (QED) is 0.459. The number of carbonyl (C=O) groups excluding carboxylic acids is 1. The van der Waals surface area contributed by atoms with Crippen molar-refractivity contribution < 1.29 is 9.53 Å². The van der Waals surface area contributed by atoms with Crippen molar-refractivity contribution in [2.75, 3.05) is 32.6 Å². The summed E-state index contributed by atoms with van der Waals surface area (Å²) in [6.07, 6.45) is 10.6. The molecule has 3 aliphatic heterocycles. The predicted octanol–water partition coefficient (Wildman–Crippen LogP) is 5.00. The van der Waals surface area contributed by atoms with Gasteiger partial charge in [0.15, 0.2) is 0 Å². The Bertz CT molecular complexity index is 1510. The molecule has 0 bridgehead atoms. The van der Waals surface area contributed by atoms with Crippen LogP contribution < -0.4 is 10.6 Å². The van der Waals surface area contributed by atoms with Gasteiger partial charge in [0.1, 0.15) is 5.82 Å². The first-order chi connectivity index (χ1) is 19.4. The molecule has 8 nitrogen and oxygen atoms in total. The Labute approximate surface area is 235 Å². The van der Waals surface area contributed by atoms with Gasteiger partial charge in [0, 0.05) is 36.3 Å². The third-order valence-corrected chi connectivity index (χ3v) is 10.2. The second-order valence-electron chi connectivity index (χ2n) is 13.4. The van der Waals surface area contributed by atoms with Crippen molar-refractivity contribution >= 4 is 17.4 Å². The molecule has 40 heavy (non-hydrogen) atoms. The molecular formula is C32H38N6O2. The number of ether oxygens (including phenoxy) is 1. The highest BCUT2D eigenvalue weighted by Gasteiger charge is 2.49. The van der Waals surface area contributed by atoms with Crippen LogP contribution in [0.15, 0.2) is 30.5 Å². The molecule has 8 heteroatoms. The number of hydrogen-bond acceptors (Lipinski definition) is 6. The lowest BCUT2D eigenvalue weighted by atomic mass is 9.67. The van der Waals surface area contributed by atoms with E-state index in [1.807, 2.05) is 12.3 Å². The average molecular weight is 539 g/mol. The standard InChI is InChI=1S/C32H38N6O2/c1-37(2)16-26-21(20-7-9-32(10-8-20)18-40-19-32)4-6-28(36-26)35-25-5-3-22(24-14-33-30(39)29(24)25)23-15-34-38-17-31(11-12-31)13-27(23)38/h3-6,15,20H,7-14,16-19H2,1-2H3,(H,33,39)(H,35,36). The van der Waals surface area contributed by atoms with E-state index in [-0.39, 0.29) is 5.91 Å². The topological polar surface area (TPSA) is 84.3 Å². The molecule has 1 aromatic carbocycles. The largest absolute Gasteiger partial charge is 0.380 e. The van der Waals surface area contributed by atoms with Crippen LogP contribution in [0.4, 0.5) is 11.5 Å². The second-order valence-corrected chi connectivity index (χ2v) is 13.4. The van der Waals surface area contributed by atoms with Gasteiger partial charge in [-0.25, -0.2) is 4.98 Å². The van der Waals surface area contributed by atoms with Gasteiger partial charge in [0.05, 0.1) is 36.4 Å². The molecule has 2 aliphatic carbocycles. The number of fused-ring (bicyclic) bond motifs is 2. The van der Waals surface area contributed by atoms with Crippen molar-refractivity contribution in [3.63, 3.8) is 0 Å². The maximum absolute atomic E-state index is 13.1. The van der Waals surface area contributed by atoms with Crippen molar-refractivity contribution in [2.45, 2.75) is 70.5 Å². The highest BCUT2D eigenvalue weighted by atomic mass is 16.5. The molecule has 0 radical (unpaired) electrons. The van der Waals surface area contributed by atoms with E-state index in [9.17, 15) is 4.79 Å². The van der Waals surface area contributed by atoms with E-state index in [1.165, 1.54) is 55.3 Å². The zero-order valence-corrected chi connectivity index (χ0v) is 23.6. The van der Waals surface area contributed by atoms with Crippen molar-refractivity contribution in [1.29, 1.82) is 0 Å². The summed E-state index contributed by atoms with van der Waals surface area (Å²) in [4.78, 5) is 20.4. The molecule has 0 unspecified atom stereocenters. The van der Waals surface area contributed by atoms with Crippen LogP contribution in [-0.2, 0) is 30.8 Å². The lowest BCUT2D eigenvalue weighted by Gasteiger charge is -2.46. The maximum atomic E-state index is 13.1. The fraction of sp³-hybridized carbons (Fsp3) is 0.531. The van der Waals surface area contributed by atoms with E-state index in [2.05, 4.69) is 52.5 Å². The van der Waals surface area contributed by atoms with Crippen LogP contribution in [0.1, 0.15) is 77.3 Å². The number of benzene rings is 1. The van der Waals surface area contributed by atoms with Crippen molar-refractivity contribution in [1.82, 2.24) is 25.0 Å². The fourth-order valence-electron chi connectivity index (χ4n) is 7.64. The van der Waals surface area contributed by atoms with E-state index >= 15 is 0 Å². The Balaban J connectivity index is 1.09. The Kier molecular flexibility index (Phi) is 5.45. The number of carbonyl (C=O) groups is 1. The van der Waals surface area contributed by atoms with Gasteiger partial charge in [0.25, 0.3) is 5.91 Å². The van der Waals surface area contributed by atoms with Crippen LogP contribution >= 0.6 is 0 Å². The van der Waals surface area contributed by atoms with Crippen LogP contribution in [0.25, 0.3) is 11.1 Å². The fourth-order valence-corrected chi connectivity index (χ4v) is 7.64. The highest BCUT2D eigenvalue weighted by molar-refractivity contribution is 6.06. The number of nitrogens with one attached hydrogen (secondary N) is 2. The zero-order chi connectivity index (χ0) is 27.1. The van der Waals surface area contributed by atoms with Crippen LogP contribution in [0, 0.1) is 10.8 Å². The highest BCUT2D eigenvalue weighted by Crippen LogP contribution is 2.55. The van der Waals surface area contributed by atoms with E-state index < -0.39 is 0 Å². The molecule has 2 spiro atoms. The molecule has 0 atom stereocenters. The van der Waals surface area contributed by atoms with Gasteiger partial charge in [-0.15, -0.1) is 0 Å². The molecule has 208 valence electrons. The summed E-state index contributed by atoms with van der Waals surface area (Å²) < 4.78 is 7.73. The molecule has 8 rings (SSSR count). The Morgan fingerprint density at radius 3 is 2.62 bits per heavy atom. The summed E-state index contributed by atoms with van der Waals surface area (Å²) >= 11 is 0. The first-order valence-corrected chi connectivity index (χ1v) is 14.9. The van der Waals surface area contributed by atoms with Crippen LogP contribution in [-0.4, -0.2) is 52.9 Å². The number of rotatable bonds is 6. The van der Waals surface area contributed by atoms with Crippen LogP contribution in [0.2, 0.25) is 0 Å². The van der Waals surface area contributed by atoms with Crippen LogP contribution in [0.3, 0.4) is 0 Å². The number of hydrogen-bond donors (Lipinski definition) is 2. The predicted molar refractivity (Wildman–Crippen MR) is 154 cm³/mol. The summed E-state index contributed by atoms with van der Waals surface area (Å²) in [5, 5.41) is 11.3. The van der Waals surface area contributed by atoms with Gasteiger partial charge >= 0.3 is 0 Å². The molecule has 3 aromatic rings. The first-order valence-electron chi connectivity index (χ1n) is 14.9. The van der Waals surface area contributed by atoms with Crippen molar-refractivity contribution in [3.8, 4) is 11.1 Å². The molecule has 2 N–H and O–H groups in total. The van der Waals surface area contributed by atoms with Gasteiger partial charge in [-0.05, 0) is 99.2 Å². The summed E-state index contributed by atoms with van der Waals surface area (Å²) in [6.45, 7) is 4.25. The van der Waals surface area contributed by atoms with Crippen molar-refractivity contribution in [2.24, 2.45) is 10.8 Å². The van der Waals surface area contributed by atoms with Gasteiger partial charge in [0.2, 0.25) is 0 Å². The van der Waals surface area contributed by atoms with Gasteiger partial charge in [-0.2, -0.15) is 5.10 Å². The van der Waals surface area contributed by atoms with E-state index in [0.29, 0.717) is 23.3 Å². The minimum Gasteiger partial charge on any atom is -0.380 e. The summed E-state index contributed by atoms with van der Waals surface area (Å²) in [6, 6.07) is 8.58. The maximum Gasteiger partial charge on any atom is 0.254 e. The molecule has 2 saturated carbocycles. The molecule has 5 heterocycles. The smallest absolute Gasteiger partial charge is 0.254 e. The van der Waals surface area contributed by atoms with Crippen LogP contribution in [0.5, 0.6) is 0 Å². The molecule has 5 aliphatic rings. The van der Waals surface area contributed by atoms with Gasteiger partial charge in [-0.1, -0.05) is 12.1 Å². The Hall–Kier alpha value is -3.23. The van der Waals surface area contributed by atoms with Gasteiger partial charge in [-0.3, -0.25) is 9.48 Å². The number of pyridine rings is 1. The number of anilines is 2. The number of amides is 1. The molecular weight excluding hydrogens is 500 g/mol. The number of nitrogens with zero attached hydrogens (tertiary/aromatic N) is 4. The summed E-state index contributed by atoms with van der Waals surface area (Å²) in [5.74, 6) is 1.31. The lowest BCUT2D eigenvalue weighted by Crippen LogP contribution is -2.44. The molecule has 3 fully saturated rings. The summed E-state index contributed by atoms with van der Waals surface area (Å²) in [5.41, 5.74) is 9.63. The lowest BCUT2D eigenvalue weighted by molar-refractivity contribution is -0.132. The third kappa shape index (κ3) is 3.98. The minimum absolute atomic E-state index is 0.0249. The van der Waals surface area contributed by atoms with Gasteiger partial charge < -0.3 is 20.3 Å². The summed E-state index contributed by atoms with van der Waals surface area (Å²) in [7, 11) is 4.20. The third-order valence-electron chi connectivity index (χ3n) is 10.2. The minimum atomic E-state index is -0.0249. The Morgan fingerprint density at radius 1 is 1.07 bits per heavy atom. The number of aromatic nitrogens is 3. The Morgan fingerprint density at radius 2 is 1.90 bits per heavy atom. The van der Waals surface area contributed by atoms with E-state index in [0.717, 1.165) is 66.6 Å². The SMILES string of the molecule is CN(C)Cc1nc(Nc2ccc(-c3cnn4c3CC3(CC3)C4)c3c2C(=O)NC3)ccc1C1CCC2(CC1)COC2. The average Bonchev–Trinajstić information content (AvgIpc) is 3.19. The molecule has 1 saturated heterocycles. The second kappa shape index (κ2) is 8.88.